The van der Waals surface area contributed by atoms with E-state index >= 15 is 0 Å². The fourth-order valence-corrected chi connectivity index (χ4v) is 6.90. The van der Waals surface area contributed by atoms with Gasteiger partial charge < -0.3 is 0 Å². The third-order valence-electron chi connectivity index (χ3n) is 5.98. The molecule has 0 amide bonds. The number of fused-ring (bicyclic) bond motifs is 8. The second-order valence-electron chi connectivity index (χ2n) is 7.77. The van der Waals surface area contributed by atoms with Crippen molar-refractivity contribution < 1.29 is 0 Å². The molecule has 1 atom stereocenters. The average Bonchev–Trinajstić information content (AvgIpc) is 3.19. The van der Waals surface area contributed by atoms with Gasteiger partial charge in [0, 0.05) is 16.8 Å². The summed E-state index contributed by atoms with van der Waals surface area (Å²) in [6, 6.07) is 32.3. The molecule has 30 heavy (non-hydrogen) atoms. The summed E-state index contributed by atoms with van der Waals surface area (Å²) >= 11 is 6.20. The van der Waals surface area contributed by atoms with E-state index in [2.05, 4.69) is 96.0 Å². The van der Waals surface area contributed by atoms with Crippen LogP contribution in [0.5, 0.6) is 0 Å². The molecule has 0 spiro atoms. The highest BCUT2D eigenvalue weighted by Crippen LogP contribution is 2.41. The summed E-state index contributed by atoms with van der Waals surface area (Å²) in [5, 5.41) is 6.10. The van der Waals surface area contributed by atoms with Crippen LogP contribution in [0.15, 0.2) is 97.1 Å². The van der Waals surface area contributed by atoms with Crippen molar-refractivity contribution in [2.45, 2.75) is 0 Å². The molecule has 0 aliphatic heterocycles. The highest BCUT2D eigenvalue weighted by molar-refractivity contribution is 8.21. The van der Waals surface area contributed by atoms with Crippen molar-refractivity contribution in [2.24, 2.45) is 0 Å². The number of aromatic nitrogens is 2. The Labute approximate surface area is 179 Å². The van der Waals surface area contributed by atoms with Gasteiger partial charge in [-0.3, -0.25) is 4.40 Å². The molecule has 4 heteroatoms. The number of nitrogens with zero attached hydrogens (tertiary/aromatic N) is 2. The van der Waals surface area contributed by atoms with E-state index in [1.54, 1.807) is 0 Å². The Morgan fingerprint density at radius 3 is 2.20 bits per heavy atom. The summed E-state index contributed by atoms with van der Waals surface area (Å²) in [6.45, 7) is 2.23. The number of rotatable bonds is 2. The molecule has 0 bridgehead atoms. The summed E-state index contributed by atoms with van der Waals surface area (Å²) in [7, 11) is 0. The van der Waals surface area contributed by atoms with Crippen molar-refractivity contribution in [1.82, 2.24) is 9.38 Å². The minimum Gasteiger partial charge on any atom is -0.292 e. The molecule has 4 aromatic carbocycles. The van der Waals surface area contributed by atoms with Crippen LogP contribution in [0.25, 0.3) is 38.4 Å². The Balaban J connectivity index is 1.75. The number of para-hydroxylation sites is 3. The average molecular weight is 422 g/mol. The van der Waals surface area contributed by atoms with Gasteiger partial charge in [-0.25, -0.2) is 4.98 Å². The fraction of sp³-hybridized carbons (Fsp3) is 0.0385. The standard InChI is InChI=1S/C26H19N2PS/c1-29(30,18-9-3-2-4-10-18)19-15-16-21-22(17-19)20-11-5-7-13-24(20)28-25-14-8-6-12-23(25)27-26(21)28/h2-17H,1H3. The maximum Gasteiger partial charge on any atom is 0.146 e. The normalized spacial score (nSPS) is 13.9. The zero-order valence-electron chi connectivity index (χ0n) is 16.5. The lowest BCUT2D eigenvalue weighted by molar-refractivity contribution is 1.32. The SMILES string of the molecule is CP(=S)(c1ccccc1)c1ccc2c(c1)c1ccccc1n1c3ccccc3nc21. The van der Waals surface area contributed by atoms with Crippen LogP contribution in [0.1, 0.15) is 0 Å². The predicted octanol–water partition coefficient (Wildman–Crippen LogP) is 5.85. The van der Waals surface area contributed by atoms with Gasteiger partial charge in [-0.1, -0.05) is 78.5 Å². The van der Waals surface area contributed by atoms with Crippen LogP contribution >= 0.6 is 6.04 Å². The topological polar surface area (TPSA) is 17.3 Å². The van der Waals surface area contributed by atoms with Gasteiger partial charge in [0.15, 0.2) is 0 Å². The predicted molar refractivity (Wildman–Crippen MR) is 134 cm³/mol. The molecule has 0 saturated carbocycles. The summed E-state index contributed by atoms with van der Waals surface area (Å²) in [6.07, 6.45) is 0. The van der Waals surface area contributed by atoms with Gasteiger partial charge in [0.1, 0.15) is 5.65 Å². The van der Waals surface area contributed by atoms with Gasteiger partial charge in [0.2, 0.25) is 0 Å². The largest absolute Gasteiger partial charge is 0.292 e. The fourth-order valence-electron chi connectivity index (χ4n) is 4.42. The molecule has 2 heterocycles. The summed E-state index contributed by atoms with van der Waals surface area (Å²) in [5.41, 5.74) is 4.33. The van der Waals surface area contributed by atoms with Crippen LogP contribution in [0.3, 0.4) is 0 Å². The van der Waals surface area contributed by atoms with Gasteiger partial charge in [-0.2, -0.15) is 0 Å². The molecule has 0 saturated heterocycles. The second kappa shape index (κ2) is 6.50. The third kappa shape index (κ3) is 2.49. The highest BCUT2D eigenvalue weighted by atomic mass is 32.4. The molecule has 0 aliphatic rings. The quantitative estimate of drug-likeness (QED) is 0.257. The zero-order valence-corrected chi connectivity index (χ0v) is 18.2. The Morgan fingerprint density at radius 2 is 1.37 bits per heavy atom. The molecular weight excluding hydrogens is 403 g/mol. The Morgan fingerprint density at radius 1 is 0.667 bits per heavy atom. The van der Waals surface area contributed by atoms with Crippen LogP contribution in [0.2, 0.25) is 0 Å². The molecular formula is C26H19N2PS. The molecule has 0 radical (unpaired) electrons. The van der Waals surface area contributed by atoms with Crippen LogP contribution < -0.4 is 10.6 Å². The second-order valence-corrected chi connectivity index (χ2v) is 12.8. The van der Waals surface area contributed by atoms with Crippen LogP contribution in [-0.2, 0) is 11.8 Å². The maximum absolute atomic E-state index is 6.20. The first kappa shape index (κ1) is 17.8. The smallest absolute Gasteiger partial charge is 0.146 e. The summed E-state index contributed by atoms with van der Waals surface area (Å²) in [4.78, 5) is 4.99. The first-order chi connectivity index (χ1) is 14.6. The molecule has 144 valence electrons. The van der Waals surface area contributed by atoms with Gasteiger partial charge in [-0.15, -0.1) is 0 Å². The number of benzene rings is 4. The molecule has 0 fully saturated rings. The van der Waals surface area contributed by atoms with Gasteiger partial charge in [0.05, 0.1) is 16.6 Å². The van der Waals surface area contributed by atoms with E-state index in [4.69, 9.17) is 16.8 Å². The summed E-state index contributed by atoms with van der Waals surface area (Å²) < 4.78 is 2.28. The van der Waals surface area contributed by atoms with E-state index in [0.717, 1.165) is 22.1 Å². The number of imidazole rings is 1. The van der Waals surface area contributed by atoms with E-state index in [-0.39, 0.29) is 0 Å². The lowest BCUT2D eigenvalue weighted by atomic mass is 10.1. The number of hydrogen-bond donors (Lipinski definition) is 0. The molecule has 1 unspecified atom stereocenters. The molecule has 6 aromatic rings. The van der Waals surface area contributed by atoms with Gasteiger partial charge >= 0.3 is 0 Å². The Hall–Kier alpha value is -3.00. The number of pyridine rings is 1. The van der Waals surface area contributed by atoms with E-state index < -0.39 is 6.04 Å². The van der Waals surface area contributed by atoms with Crippen molar-refractivity contribution in [3.05, 3.63) is 97.1 Å². The van der Waals surface area contributed by atoms with Crippen molar-refractivity contribution >= 4 is 66.8 Å². The van der Waals surface area contributed by atoms with Crippen LogP contribution in [-0.4, -0.2) is 16.0 Å². The molecule has 0 N–H and O–H groups in total. The van der Waals surface area contributed by atoms with E-state index in [0.29, 0.717) is 0 Å². The third-order valence-corrected chi connectivity index (χ3v) is 9.79. The van der Waals surface area contributed by atoms with Gasteiger partial charge in [0.25, 0.3) is 0 Å². The minimum absolute atomic E-state index is 1.00. The van der Waals surface area contributed by atoms with E-state index in [9.17, 15) is 0 Å². The first-order valence-corrected chi connectivity index (χ1v) is 13.2. The minimum atomic E-state index is -1.86. The van der Waals surface area contributed by atoms with Crippen LogP contribution in [0, 0.1) is 0 Å². The van der Waals surface area contributed by atoms with Crippen molar-refractivity contribution in [3.8, 4) is 0 Å². The lowest BCUT2D eigenvalue weighted by Crippen LogP contribution is -2.14. The van der Waals surface area contributed by atoms with Crippen molar-refractivity contribution in [3.63, 3.8) is 0 Å². The monoisotopic (exact) mass is 422 g/mol. The number of hydrogen-bond acceptors (Lipinski definition) is 2. The molecule has 0 aliphatic carbocycles. The van der Waals surface area contributed by atoms with Crippen LogP contribution in [0.4, 0.5) is 0 Å². The highest BCUT2D eigenvalue weighted by Gasteiger charge is 2.19. The Kier molecular flexibility index (Phi) is 3.86. The molecule has 2 aromatic heterocycles. The van der Waals surface area contributed by atoms with E-state index in [1.165, 1.54) is 26.9 Å². The lowest BCUT2D eigenvalue weighted by Gasteiger charge is -2.19. The van der Waals surface area contributed by atoms with Gasteiger partial charge in [-0.05, 0) is 53.0 Å². The zero-order chi connectivity index (χ0) is 20.3. The molecule has 6 rings (SSSR count). The van der Waals surface area contributed by atoms with Crippen molar-refractivity contribution in [1.29, 1.82) is 0 Å². The molecule has 2 nitrogen and oxygen atoms in total. The summed E-state index contributed by atoms with van der Waals surface area (Å²) in [5.74, 6) is 0. The van der Waals surface area contributed by atoms with Crippen molar-refractivity contribution in [2.75, 3.05) is 6.66 Å². The van der Waals surface area contributed by atoms with E-state index in [1.807, 2.05) is 12.1 Å². The first-order valence-electron chi connectivity index (χ1n) is 10.00. The maximum atomic E-state index is 6.20. The Bertz CT molecular complexity index is 1630.